The van der Waals surface area contributed by atoms with Gasteiger partial charge in [-0.05, 0) is 31.9 Å². The molecule has 72 valence electrons. The number of rotatable bonds is 1. The van der Waals surface area contributed by atoms with Gasteiger partial charge in [-0.2, -0.15) is 22.0 Å². The van der Waals surface area contributed by atoms with Crippen LogP contribution in [0.3, 0.4) is 0 Å². The maximum absolute atomic E-state index is 12.4. The van der Waals surface area contributed by atoms with Crippen LogP contribution in [-0.4, -0.2) is 10.8 Å². The third kappa shape index (κ3) is 2.38. The van der Waals surface area contributed by atoms with Crippen LogP contribution in [0.15, 0.2) is 10.6 Å². The summed E-state index contributed by atoms with van der Waals surface area (Å²) in [5.41, 5.74) is 0. The molecule has 0 heterocycles. The van der Waals surface area contributed by atoms with E-state index >= 15 is 0 Å². The summed E-state index contributed by atoms with van der Waals surface area (Å²) in [5, 5.41) is 0. The van der Waals surface area contributed by atoms with E-state index in [-0.39, 0.29) is 0 Å². The van der Waals surface area contributed by atoms with Gasteiger partial charge >= 0.3 is 6.18 Å². The zero-order valence-corrected chi connectivity index (χ0v) is 8.20. The highest BCUT2D eigenvalue weighted by Gasteiger charge is 2.58. The van der Waals surface area contributed by atoms with Crippen molar-refractivity contribution in [3.63, 3.8) is 0 Å². The van der Waals surface area contributed by atoms with Gasteiger partial charge in [-0.1, -0.05) is 0 Å². The van der Waals surface area contributed by atoms with Gasteiger partial charge in [-0.15, -0.1) is 0 Å². The second kappa shape index (κ2) is 3.57. The Bertz CT molecular complexity index is 200. The fraction of sp³-hybridized carbons (Fsp3) is 0.500. The lowest BCUT2D eigenvalue weighted by Gasteiger charge is -2.20. The predicted molar refractivity (Wildman–Crippen MR) is 37.0 cm³/mol. The van der Waals surface area contributed by atoms with Crippen LogP contribution < -0.4 is 0 Å². The van der Waals surface area contributed by atoms with Gasteiger partial charge < -0.3 is 0 Å². The molecule has 0 saturated carbocycles. The first-order valence-corrected chi connectivity index (χ1v) is 3.85. The first-order valence-electron chi connectivity index (χ1n) is 2.26. The highest BCUT2D eigenvalue weighted by atomic mass is 79.9. The van der Waals surface area contributed by atoms with Crippen LogP contribution in [0.5, 0.6) is 0 Å². The molecule has 0 aromatic rings. The average Bonchev–Trinajstić information content (AvgIpc) is 1.83. The van der Waals surface area contributed by atoms with Gasteiger partial charge in [0.25, 0.3) is 10.7 Å². The molecular weight excluding hydrogens is 322 g/mol. The lowest BCUT2D eigenvalue weighted by molar-refractivity contribution is -0.178. The average molecular weight is 322 g/mol. The Balaban J connectivity index is 5.01. The van der Waals surface area contributed by atoms with Gasteiger partial charge in [-0.25, -0.2) is 4.39 Å². The van der Waals surface area contributed by atoms with Crippen molar-refractivity contribution >= 4 is 31.9 Å². The summed E-state index contributed by atoms with van der Waals surface area (Å²) < 4.78 is 64.3. The second-order valence-electron chi connectivity index (χ2n) is 1.65. The van der Waals surface area contributed by atoms with Crippen LogP contribution in [0.1, 0.15) is 0 Å². The van der Waals surface area contributed by atoms with Crippen LogP contribution in [0, 0.1) is 0 Å². The van der Waals surface area contributed by atoms with Gasteiger partial charge in [0, 0.05) is 0 Å². The first-order chi connectivity index (χ1) is 5.10. The number of allylic oxidation sites excluding steroid dienone is 1. The maximum atomic E-state index is 12.4. The summed E-state index contributed by atoms with van der Waals surface area (Å²) in [6.45, 7) is 0. The monoisotopic (exact) mass is 320 g/mol. The number of hydrogen-bond donors (Lipinski definition) is 0. The van der Waals surface area contributed by atoms with Gasteiger partial charge in [0.1, 0.15) is 4.48 Å². The molecule has 0 nitrogen and oxygen atoms in total. The molecule has 12 heavy (non-hydrogen) atoms. The highest BCUT2D eigenvalue weighted by molar-refractivity contribution is 9.14. The first kappa shape index (κ1) is 12.3. The molecule has 0 aliphatic heterocycles. The van der Waals surface area contributed by atoms with Crippen LogP contribution in [0.2, 0.25) is 0 Å². The second-order valence-corrected chi connectivity index (χ2v) is 3.53. The fourth-order valence-electron chi connectivity index (χ4n) is 0.243. The lowest BCUT2D eigenvalue weighted by Crippen LogP contribution is -2.35. The maximum Gasteiger partial charge on any atom is 0.437 e. The minimum absolute atomic E-state index is 1.49. The van der Waals surface area contributed by atoms with Crippen molar-refractivity contribution in [3.8, 4) is 0 Å². The van der Waals surface area contributed by atoms with Crippen LogP contribution >= 0.6 is 31.9 Å². The third-order valence-corrected chi connectivity index (χ3v) is 3.02. The quantitative estimate of drug-likeness (QED) is 0.503. The van der Waals surface area contributed by atoms with Crippen LogP contribution in [-0.2, 0) is 0 Å². The van der Waals surface area contributed by atoms with Crippen molar-refractivity contribution in [1.82, 2.24) is 0 Å². The van der Waals surface area contributed by atoms with Crippen molar-refractivity contribution in [2.75, 3.05) is 0 Å². The molecule has 0 fully saturated rings. The largest absolute Gasteiger partial charge is 0.437 e. The standard InChI is InChI=1S/C4Br2F6/c5-1(2(7)8)3(6,9)4(10,11)12. The number of alkyl halides is 5. The predicted octanol–water partition coefficient (Wildman–Crippen LogP) is 4.11. The summed E-state index contributed by atoms with van der Waals surface area (Å²) >= 11 is 3.28. The molecule has 1 unspecified atom stereocenters. The van der Waals surface area contributed by atoms with Crippen molar-refractivity contribution in [3.05, 3.63) is 10.6 Å². The Hall–Kier alpha value is 0.280. The molecule has 0 rings (SSSR count). The molecule has 0 aromatic carbocycles. The normalized spacial score (nSPS) is 17.0. The smallest absolute Gasteiger partial charge is 0.215 e. The van der Waals surface area contributed by atoms with E-state index < -0.39 is 21.3 Å². The molecule has 1 atom stereocenters. The number of hydrogen-bond acceptors (Lipinski definition) is 0. The Morgan fingerprint density at radius 3 is 1.42 bits per heavy atom. The molecule has 0 saturated heterocycles. The lowest BCUT2D eigenvalue weighted by atomic mass is 10.4. The van der Waals surface area contributed by atoms with E-state index in [1.165, 1.54) is 15.9 Å². The molecule has 8 heteroatoms. The van der Waals surface area contributed by atoms with E-state index in [0.29, 0.717) is 0 Å². The highest BCUT2D eigenvalue weighted by Crippen LogP contribution is 2.48. The summed E-state index contributed by atoms with van der Waals surface area (Å²) in [4.78, 5) is 0. The fourth-order valence-corrected chi connectivity index (χ4v) is 0.618. The van der Waals surface area contributed by atoms with Crippen molar-refractivity contribution in [2.24, 2.45) is 0 Å². The molecule has 0 aliphatic carbocycles. The van der Waals surface area contributed by atoms with Gasteiger partial charge in [0.05, 0.1) is 0 Å². The zero-order chi connectivity index (χ0) is 10.2. The zero-order valence-electron chi connectivity index (χ0n) is 5.02. The molecule has 0 amide bonds. The molecule has 0 radical (unpaired) electrons. The van der Waals surface area contributed by atoms with Crippen molar-refractivity contribution in [2.45, 2.75) is 10.8 Å². The van der Waals surface area contributed by atoms with Gasteiger partial charge in [-0.3, -0.25) is 0 Å². The molecular formula is C4Br2F6. The summed E-state index contributed by atoms with van der Waals surface area (Å²) in [5.74, 6) is 0. The summed E-state index contributed by atoms with van der Waals surface area (Å²) in [6.07, 6.45) is -8.21. The molecule has 0 spiro atoms. The molecule has 0 bridgehead atoms. The molecule has 0 N–H and O–H groups in total. The molecule has 0 aliphatic rings. The van der Waals surface area contributed by atoms with E-state index in [1.807, 2.05) is 0 Å². The third-order valence-electron chi connectivity index (χ3n) is 0.798. The van der Waals surface area contributed by atoms with Crippen LogP contribution in [0.25, 0.3) is 0 Å². The van der Waals surface area contributed by atoms with E-state index in [1.54, 1.807) is 15.9 Å². The SMILES string of the molecule is FC(F)=C(Br)C(F)(Br)C(F)(F)F. The van der Waals surface area contributed by atoms with Gasteiger partial charge in [0.15, 0.2) is 0 Å². The van der Waals surface area contributed by atoms with E-state index in [9.17, 15) is 26.3 Å². The Morgan fingerprint density at radius 2 is 1.33 bits per heavy atom. The Morgan fingerprint density at radius 1 is 1.00 bits per heavy atom. The van der Waals surface area contributed by atoms with E-state index in [2.05, 4.69) is 0 Å². The summed E-state index contributed by atoms with van der Waals surface area (Å²) in [7, 11) is 0. The Labute approximate surface area is 79.9 Å². The van der Waals surface area contributed by atoms with Crippen molar-refractivity contribution in [1.29, 1.82) is 0 Å². The number of halogens is 8. The topological polar surface area (TPSA) is 0 Å². The van der Waals surface area contributed by atoms with Crippen molar-refractivity contribution < 1.29 is 26.3 Å². The van der Waals surface area contributed by atoms with Gasteiger partial charge in [0.2, 0.25) is 0 Å². The Kier molecular flexibility index (Phi) is 3.65. The minimum Gasteiger partial charge on any atom is -0.215 e. The summed E-state index contributed by atoms with van der Waals surface area (Å²) in [6, 6.07) is 0. The van der Waals surface area contributed by atoms with Crippen LogP contribution in [0.4, 0.5) is 26.3 Å². The molecule has 0 aromatic heterocycles. The minimum atomic E-state index is -5.44. The van der Waals surface area contributed by atoms with E-state index in [4.69, 9.17) is 0 Å². The van der Waals surface area contributed by atoms with E-state index in [0.717, 1.165) is 0 Å².